The molecule has 0 fully saturated rings. The van der Waals surface area contributed by atoms with Crippen LogP contribution in [0.25, 0.3) is 22.4 Å². The van der Waals surface area contributed by atoms with Crippen LogP contribution in [0.4, 0.5) is 23.2 Å². The Morgan fingerprint density at radius 1 is 1.03 bits per heavy atom. The molecule has 1 N–H and O–H groups in total. The molecule has 0 spiro atoms. The van der Waals surface area contributed by atoms with E-state index in [1.165, 1.54) is 18.2 Å². The maximum absolute atomic E-state index is 13.7. The number of amides is 1. The van der Waals surface area contributed by atoms with E-state index in [2.05, 4.69) is 15.5 Å². The van der Waals surface area contributed by atoms with Crippen molar-refractivity contribution in [2.75, 3.05) is 5.32 Å². The van der Waals surface area contributed by atoms with Crippen LogP contribution in [0.2, 0.25) is 0 Å². The van der Waals surface area contributed by atoms with Gasteiger partial charge in [-0.1, -0.05) is 23.4 Å². The summed E-state index contributed by atoms with van der Waals surface area (Å²) in [5, 5.41) is 6.35. The van der Waals surface area contributed by atoms with Crippen molar-refractivity contribution in [1.29, 1.82) is 0 Å². The van der Waals surface area contributed by atoms with Crippen molar-refractivity contribution in [1.82, 2.24) is 10.1 Å². The maximum atomic E-state index is 13.7. The number of fused-ring (bicyclic) bond motifs is 1. The maximum Gasteiger partial charge on any atom is 0.416 e. The zero-order valence-electron chi connectivity index (χ0n) is 19.1. The minimum Gasteiger partial charge on any atom is -0.485 e. The Morgan fingerprint density at radius 2 is 1.82 bits per heavy atom. The van der Waals surface area contributed by atoms with Crippen molar-refractivity contribution in [3.63, 3.8) is 0 Å². The van der Waals surface area contributed by atoms with Crippen molar-refractivity contribution in [3.05, 3.63) is 106 Å². The summed E-state index contributed by atoms with van der Waals surface area (Å²) in [4.78, 5) is 29.1. The number of ether oxygens (including phenoxy) is 1. The SMILES string of the molecule is O=C(Nc1coc2cc(OCc3noc(-c4cc(F)cc(C(F)(F)F)c4)n3)ccc2c1=O)c1ccccc1. The van der Waals surface area contributed by atoms with E-state index < -0.39 is 28.9 Å². The topological polar surface area (TPSA) is 107 Å². The van der Waals surface area contributed by atoms with Crippen molar-refractivity contribution < 1.29 is 36.0 Å². The summed E-state index contributed by atoms with van der Waals surface area (Å²) in [6, 6.07) is 14.6. The molecule has 8 nitrogen and oxygen atoms in total. The average molecular weight is 525 g/mol. The zero-order valence-corrected chi connectivity index (χ0v) is 19.1. The molecule has 192 valence electrons. The van der Waals surface area contributed by atoms with Crippen molar-refractivity contribution >= 4 is 22.6 Å². The van der Waals surface area contributed by atoms with Gasteiger partial charge in [0.1, 0.15) is 29.1 Å². The first-order valence-corrected chi connectivity index (χ1v) is 10.9. The van der Waals surface area contributed by atoms with Crippen LogP contribution in [-0.4, -0.2) is 16.0 Å². The van der Waals surface area contributed by atoms with Crippen LogP contribution in [0.3, 0.4) is 0 Å². The number of carbonyl (C=O) groups excluding carboxylic acids is 1. The normalized spacial score (nSPS) is 11.5. The molecule has 0 radical (unpaired) electrons. The fourth-order valence-electron chi connectivity index (χ4n) is 3.52. The molecular weight excluding hydrogens is 510 g/mol. The molecule has 12 heteroatoms. The number of alkyl halides is 3. The minimum absolute atomic E-state index is 0.0154. The molecular formula is C26H15F4N3O5. The van der Waals surface area contributed by atoms with E-state index in [0.717, 1.165) is 12.3 Å². The number of hydrogen-bond acceptors (Lipinski definition) is 7. The summed E-state index contributed by atoms with van der Waals surface area (Å²) in [7, 11) is 0. The van der Waals surface area contributed by atoms with Gasteiger partial charge in [-0.15, -0.1) is 0 Å². The van der Waals surface area contributed by atoms with Gasteiger partial charge in [0.2, 0.25) is 11.3 Å². The van der Waals surface area contributed by atoms with Gasteiger partial charge in [0.15, 0.2) is 6.61 Å². The number of halogens is 4. The highest BCUT2D eigenvalue weighted by atomic mass is 19.4. The smallest absolute Gasteiger partial charge is 0.416 e. The van der Waals surface area contributed by atoms with Gasteiger partial charge < -0.3 is 19.0 Å². The molecule has 0 saturated carbocycles. The number of nitrogens with one attached hydrogen (secondary N) is 1. The van der Waals surface area contributed by atoms with E-state index in [1.54, 1.807) is 30.3 Å². The average Bonchev–Trinajstić information content (AvgIpc) is 3.38. The molecule has 0 aliphatic heterocycles. The first kappa shape index (κ1) is 24.7. The first-order chi connectivity index (χ1) is 18.2. The molecule has 1 amide bonds. The third-order valence-corrected chi connectivity index (χ3v) is 5.34. The second kappa shape index (κ2) is 9.81. The summed E-state index contributed by atoms with van der Waals surface area (Å²) in [6.07, 6.45) is -3.63. The van der Waals surface area contributed by atoms with E-state index in [9.17, 15) is 27.2 Å². The molecule has 3 aromatic carbocycles. The van der Waals surface area contributed by atoms with Gasteiger partial charge in [-0.2, -0.15) is 18.2 Å². The zero-order chi connectivity index (χ0) is 26.9. The van der Waals surface area contributed by atoms with Gasteiger partial charge in [0.25, 0.3) is 11.8 Å². The van der Waals surface area contributed by atoms with E-state index in [0.29, 0.717) is 17.7 Å². The molecule has 0 bridgehead atoms. The predicted octanol–water partition coefficient (Wildman–Crippen LogP) is 5.83. The fraction of sp³-hybridized carbons (Fsp3) is 0.0769. The summed E-state index contributed by atoms with van der Waals surface area (Å²) in [6.45, 7) is -0.244. The second-order valence-corrected chi connectivity index (χ2v) is 7.99. The first-order valence-electron chi connectivity index (χ1n) is 10.9. The Kier molecular flexibility index (Phi) is 6.37. The van der Waals surface area contributed by atoms with Gasteiger partial charge in [-0.3, -0.25) is 9.59 Å². The summed E-state index contributed by atoms with van der Waals surface area (Å²) in [5.74, 6) is -1.64. The molecule has 2 heterocycles. The summed E-state index contributed by atoms with van der Waals surface area (Å²) >= 11 is 0. The van der Waals surface area contributed by atoms with Crippen molar-refractivity contribution in [2.24, 2.45) is 0 Å². The third-order valence-electron chi connectivity index (χ3n) is 5.34. The lowest BCUT2D eigenvalue weighted by Gasteiger charge is -2.07. The van der Waals surface area contributed by atoms with Crippen LogP contribution >= 0.6 is 0 Å². The van der Waals surface area contributed by atoms with Crippen LogP contribution in [0.5, 0.6) is 5.75 Å². The number of hydrogen-bond donors (Lipinski definition) is 1. The Labute approximate surface area is 210 Å². The molecule has 0 atom stereocenters. The molecule has 0 aliphatic rings. The summed E-state index contributed by atoms with van der Waals surface area (Å²) < 4.78 is 68.6. The second-order valence-electron chi connectivity index (χ2n) is 7.99. The third kappa shape index (κ3) is 5.24. The van der Waals surface area contributed by atoms with Gasteiger partial charge in [-0.05, 0) is 42.5 Å². The Balaban J connectivity index is 1.29. The van der Waals surface area contributed by atoms with Gasteiger partial charge in [0, 0.05) is 17.2 Å². The lowest BCUT2D eigenvalue weighted by atomic mass is 10.1. The van der Waals surface area contributed by atoms with Crippen LogP contribution < -0.4 is 15.5 Å². The van der Waals surface area contributed by atoms with Crippen LogP contribution in [-0.2, 0) is 12.8 Å². The molecule has 5 aromatic rings. The Bertz CT molecular complexity index is 1700. The monoisotopic (exact) mass is 525 g/mol. The molecule has 38 heavy (non-hydrogen) atoms. The molecule has 0 unspecified atom stereocenters. The standard InChI is InChI=1S/C26H15F4N3O5/c27-17-9-15(8-16(10-17)26(28,29)30)25-32-22(33-38-25)13-36-18-6-7-19-21(11-18)37-12-20(23(19)34)31-24(35)14-4-2-1-3-5-14/h1-12H,13H2,(H,31,35). The fourth-order valence-corrected chi connectivity index (χ4v) is 3.52. The van der Waals surface area contributed by atoms with E-state index >= 15 is 0 Å². The number of aromatic nitrogens is 2. The molecule has 5 rings (SSSR count). The molecule has 0 aliphatic carbocycles. The van der Waals surface area contributed by atoms with Crippen molar-refractivity contribution in [3.8, 4) is 17.2 Å². The highest BCUT2D eigenvalue weighted by molar-refractivity contribution is 6.04. The number of benzene rings is 3. The van der Waals surface area contributed by atoms with Crippen LogP contribution in [0, 0.1) is 5.82 Å². The van der Waals surface area contributed by atoms with Crippen LogP contribution in [0.15, 0.2) is 86.7 Å². The number of carbonyl (C=O) groups is 1. The van der Waals surface area contributed by atoms with Gasteiger partial charge in [-0.25, -0.2) is 4.39 Å². The summed E-state index contributed by atoms with van der Waals surface area (Å²) in [5.41, 5.74) is -1.37. The lowest BCUT2D eigenvalue weighted by Crippen LogP contribution is -2.18. The molecule has 0 saturated heterocycles. The largest absolute Gasteiger partial charge is 0.485 e. The highest BCUT2D eigenvalue weighted by Crippen LogP contribution is 2.33. The van der Waals surface area contributed by atoms with Crippen LogP contribution in [0.1, 0.15) is 21.7 Å². The highest BCUT2D eigenvalue weighted by Gasteiger charge is 2.32. The molecule has 2 aromatic heterocycles. The Morgan fingerprint density at radius 3 is 2.58 bits per heavy atom. The number of rotatable bonds is 6. The van der Waals surface area contributed by atoms with E-state index in [-0.39, 0.29) is 46.3 Å². The minimum atomic E-state index is -4.75. The predicted molar refractivity (Wildman–Crippen MR) is 126 cm³/mol. The Hall–Kier alpha value is -5.00. The van der Waals surface area contributed by atoms with E-state index in [4.69, 9.17) is 13.7 Å². The van der Waals surface area contributed by atoms with Gasteiger partial charge in [0.05, 0.1) is 10.9 Å². The quantitative estimate of drug-likeness (QED) is 0.278. The number of anilines is 1. The number of nitrogens with zero attached hydrogens (tertiary/aromatic N) is 2. The van der Waals surface area contributed by atoms with E-state index in [1.807, 2.05) is 0 Å². The van der Waals surface area contributed by atoms with Gasteiger partial charge >= 0.3 is 6.18 Å². The van der Waals surface area contributed by atoms with Crippen molar-refractivity contribution in [2.45, 2.75) is 12.8 Å². The lowest BCUT2D eigenvalue weighted by molar-refractivity contribution is -0.137.